The number of carbonyl (C=O) groups is 1. The summed E-state index contributed by atoms with van der Waals surface area (Å²) >= 11 is 0. The molecule has 0 saturated carbocycles. The molecule has 0 saturated heterocycles. The van der Waals surface area contributed by atoms with Crippen molar-refractivity contribution in [2.24, 2.45) is 0 Å². The molecule has 0 aliphatic carbocycles. The molecular weight excluding hydrogens is 326 g/mol. The van der Waals surface area contributed by atoms with Crippen LogP contribution in [0, 0.1) is 0 Å². The smallest absolute Gasteiger partial charge is 0.226 e. The third kappa shape index (κ3) is 3.47. The van der Waals surface area contributed by atoms with Crippen molar-refractivity contribution in [2.75, 3.05) is 0 Å². The second kappa shape index (κ2) is 7.19. The van der Waals surface area contributed by atoms with Crippen LogP contribution < -0.4 is 5.32 Å². The van der Waals surface area contributed by atoms with E-state index in [1.54, 1.807) is 6.20 Å². The molecule has 128 valence electrons. The average Bonchev–Trinajstić information content (AvgIpc) is 3.15. The van der Waals surface area contributed by atoms with Gasteiger partial charge in [-0.25, -0.2) is 4.98 Å². The molecule has 5 nitrogen and oxygen atoms in total. The Morgan fingerprint density at radius 2 is 1.85 bits per heavy atom. The Morgan fingerprint density at radius 3 is 2.73 bits per heavy atom. The molecule has 0 bridgehead atoms. The number of fused-ring (bicyclic) bond motifs is 1. The number of para-hydroxylation sites is 1. The number of rotatable bonds is 5. The minimum Gasteiger partial charge on any atom is -0.444 e. The Labute approximate surface area is 150 Å². The van der Waals surface area contributed by atoms with E-state index in [0.29, 0.717) is 18.1 Å². The van der Waals surface area contributed by atoms with Crippen LogP contribution in [0.3, 0.4) is 0 Å². The van der Waals surface area contributed by atoms with E-state index in [9.17, 15) is 4.79 Å². The molecule has 2 heterocycles. The van der Waals surface area contributed by atoms with E-state index in [1.807, 2.05) is 60.7 Å². The van der Waals surface area contributed by atoms with Crippen LogP contribution in [0.5, 0.6) is 0 Å². The van der Waals surface area contributed by atoms with E-state index in [4.69, 9.17) is 4.42 Å². The van der Waals surface area contributed by atoms with Crippen molar-refractivity contribution >= 4 is 16.8 Å². The third-order valence-corrected chi connectivity index (χ3v) is 4.11. The molecule has 26 heavy (non-hydrogen) atoms. The van der Waals surface area contributed by atoms with Gasteiger partial charge in [0.1, 0.15) is 6.26 Å². The van der Waals surface area contributed by atoms with Gasteiger partial charge in [0.15, 0.2) is 0 Å². The molecule has 5 heteroatoms. The van der Waals surface area contributed by atoms with Gasteiger partial charge in [0.25, 0.3) is 0 Å². The van der Waals surface area contributed by atoms with Crippen LogP contribution >= 0.6 is 0 Å². The van der Waals surface area contributed by atoms with Gasteiger partial charge in [-0.2, -0.15) is 0 Å². The number of amides is 1. The number of nitrogens with zero attached hydrogens (tertiary/aromatic N) is 2. The Hall–Kier alpha value is -3.47. The summed E-state index contributed by atoms with van der Waals surface area (Å²) in [4.78, 5) is 21.0. The van der Waals surface area contributed by atoms with Crippen molar-refractivity contribution in [1.82, 2.24) is 15.3 Å². The van der Waals surface area contributed by atoms with Crippen LogP contribution in [0.15, 0.2) is 77.5 Å². The first-order valence-electron chi connectivity index (χ1n) is 8.39. The highest BCUT2D eigenvalue weighted by atomic mass is 16.3. The zero-order chi connectivity index (χ0) is 17.8. The maximum Gasteiger partial charge on any atom is 0.226 e. The van der Waals surface area contributed by atoms with Crippen molar-refractivity contribution in [2.45, 2.75) is 13.0 Å². The van der Waals surface area contributed by atoms with Crippen molar-refractivity contribution in [1.29, 1.82) is 0 Å². The third-order valence-electron chi connectivity index (χ3n) is 4.11. The highest BCUT2D eigenvalue weighted by Gasteiger charge is 2.11. The van der Waals surface area contributed by atoms with Gasteiger partial charge < -0.3 is 9.73 Å². The number of hydrogen-bond acceptors (Lipinski definition) is 4. The van der Waals surface area contributed by atoms with Gasteiger partial charge in [0, 0.05) is 23.7 Å². The average molecular weight is 343 g/mol. The highest BCUT2D eigenvalue weighted by Crippen LogP contribution is 2.18. The van der Waals surface area contributed by atoms with E-state index in [2.05, 4.69) is 15.3 Å². The lowest BCUT2D eigenvalue weighted by Crippen LogP contribution is -2.24. The highest BCUT2D eigenvalue weighted by molar-refractivity contribution is 5.83. The number of oxazole rings is 1. The van der Waals surface area contributed by atoms with Gasteiger partial charge in [-0.15, -0.1) is 0 Å². The SMILES string of the molecule is O=C(Cc1coc(-c2ccccc2)n1)NCc1cccc2cccnc12. The molecule has 0 radical (unpaired) electrons. The van der Waals surface area contributed by atoms with Gasteiger partial charge in [-0.05, 0) is 23.8 Å². The minimum atomic E-state index is -0.106. The summed E-state index contributed by atoms with van der Waals surface area (Å²) in [6, 6.07) is 19.5. The molecule has 4 rings (SSSR count). The summed E-state index contributed by atoms with van der Waals surface area (Å²) in [6.45, 7) is 0.427. The van der Waals surface area contributed by atoms with E-state index in [1.165, 1.54) is 6.26 Å². The molecule has 0 unspecified atom stereocenters. The fourth-order valence-electron chi connectivity index (χ4n) is 2.83. The molecule has 0 spiro atoms. The summed E-state index contributed by atoms with van der Waals surface area (Å²) in [5, 5.41) is 3.99. The van der Waals surface area contributed by atoms with Gasteiger partial charge >= 0.3 is 0 Å². The van der Waals surface area contributed by atoms with E-state index in [-0.39, 0.29) is 12.3 Å². The fraction of sp³-hybridized carbons (Fsp3) is 0.0952. The maximum absolute atomic E-state index is 12.3. The van der Waals surface area contributed by atoms with Gasteiger partial charge in [0.2, 0.25) is 11.8 Å². The van der Waals surface area contributed by atoms with Crippen LogP contribution in [-0.4, -0.2) is 15.9 Å². The number of aromatic nitrogens is 2. The van der Waals surface area contributed by atoms with Crippen LogP contribution in [0.2, 0.25) is 0 Å². The first-order chi connectivity index (χ1) is 12.8. The zero-order valence-electron chi connectivity index (χ0n) is 14.1. The molecule has 4 aromatic rings. The summed E-state index contributed by atoms with van der Waals surface area (Å²) in [5.41, 5.74) is 3.39. The van der Waals surface area contributed by atoms with Gasteiger partial charge in [0.05, 0.1) is 17.6 Å². The van der Waals surface area contributed by atoms with Crippen LogP contribution in [0.1, 0.15) is 11.3 Å². The largest absolute Gasteiger partial charge is 0.444 e. The number of carbonyl (C=O) groups excluding carboxylic acids is 1. The lowest BCUT2D eigenvalue weighted by Gasteiger charge is -2.07. The van der Waals surface area contributed by atoms with Gasteiger partial charge in [-0.3, -0.25) is 9.78 Å². The van der Waals surface area contributed by atoms with Crippen molar-refractivity contribution < 1.29 is 9.21 Å². The Balaban J connectivity index is 1.41. The molecule has 1 amide bonds. The molecule has 0 fully saturated rings. The van der Waals surface area contributed by atoms with Crippen molar-refractivity contribution in [3.63, 3.8) is 0 Å². The monoisotopic (exact) mass is 343 g/mol. The summed E-state index contributed by atoms with van der Waals surface area (Å²) in [6.07, 6.45) is 3.46. The molecule has 0 aliphatic heterocycles. The van der Waals surface area contributed by atoms with E-state index >= 15 is 0 Å². The molecule has 0 atom stereocenters. The lowest BCUT2D eigenvalue weighted by atomic mass is 10.1. The summed E-state index contributed by atoms with van der Waals surface area (Å²) in [5.74, 6) is 0.414. The van der Waals surface area contributed by atoms with Crippen LogP contribution in [-0.2, 0) is 17.8 Å². The second-order valence-corrected chi connectivity index (χ2v) is 5.96. The second-order valence-electron chi connectivity index (χ2n) is 5.96. The first kappa shape index (κ1) is 16.0. The quantitative estimate of drug-likeness (QED) is 0.599. The molecular formula is C21H17N3O2. The number of hydrogen-bond donors (Lipinski definition) is 1. The predicted molar refractivity (Wildman–Crippen MR) is 99.2 cm³/mol. The topological polar surface area (TPSA) is 68.0 Å². The number of benzene rings is 2. The van der Waals surface area contributed by atoms with Crippen LogP contribution in [0.25, 0.3) is 22.4 Å². The maximum atomic E-state index is 12.3. The Morgan fingerprint density at radius 1 is 1.00 bits per heavy atom. The predicted octanol–water partition coefficient (Wildman–Crippen LogP) is 3.75. The Bertz CT molecular complexity index is 1040. The lowest BCUT2D eigenvalue weighted by molar-refractivity contribution is -0.120. The summed E-state index contributed by atoms with van der Waals surface area (Å²) in [7, 11) is 0. The zero-order valence-corrected chi connectivity index (χ0v) is 14.1. The fourth-order valence-corrected chi connectivity index (χ4v) is 2.83. The Kier molecular flexibility index (Phi) is 4.43. The molecule has 2 aromatic heterocycles. The number of nitrogens with one attached hydrogen (secondary N) is 1. The number of pyridine rings is 1. The van der Waals surface area contributed by atoms with E-state index < -0.39 is 0 Å². The normalized spacial score (nSPS) is 10.8. The van der Waals surface area contributed by atoms with E-state index in [0.717, 1.165) is 22.0 Å². The first-order valence-corrected chi connectivity index (χ1v) is 8.39. The standard InChI is InChI=1S/C21H17N3O2/c25-19(12-18-14-26-21(24-18)16-6-2-1-3-7-16)23-13-17-9-4-8-15-10-5-11-22-20(15)17/h1-11,14H,12-13H2,(H,23,25). The van der Waals surface area contributed by atoms with Crippen LogP contribution in [0.4, 0.5) is 0 Å². The molecule has 2 aromatic carbocycles. The van der Waals surface area contributed by atoms with Crippen molar-refractivity contribution in [3.8, 4) is 11.5 Å². The summed E-state index contributed by atoms with van der Waals surface area (Å²) < 4.78 is 5.47. The molecule has 0 aliphatic rings. The minimum absolute atomic E-state index is 0.106. The van der Waals surface area contributed by atoms with Crippen molar-refractivity contribution in [3.05, 3.63) is 84.4 Å². The van der Waals surface area contributed by atoms with Gasteiger partial charge in [-0.1, -0.05) is 42.5 Å². The molecule has 1 N–H and O–H groups in total.